The van der Waals surface area contributed by atoms with E-state index < -0.39 is 0 Å². The monoisotopic (exact) mass is 241 g/mol. The van der Waals surface area contributed by atoms with Gasteiger partial charge in [-0.1, -0.05) is 18.2 Å². The van der Waals surface area contributed by atoms with E-state index in [1.54, 1.807) is 25.4 Å². The summed E-state index contributed by atoms with van der Waals surface area (Å²) in [4.78, 5) is 16.5. The number of pyridine rings is 1. The van der Waals surface area contributed by atoms with E-state index in [4.69, 9.17) is 4.74 Å². The van der Waals surface area contributed by atoms with Gasteiger partial charge in [0, 0.05) is 11.8 Å². The summed E-state index contributed by atoms with van der Waals surface area (Å²) >= 11 is 0. The minimum Gasteiger partial charge on any atom is -0.497 e. The Labute approximate surface area is 106 Å². The first-order valence-electron chi connectivity index (χ1n) is 5.81. The van der Waals surface area contributed by atoms with Crippen molar-refractivity contribution in [2.24, 2.45) is 0 Å². The number of ether oxygens (including phenoxy) is 1. The second kappa shape index (κ2) is 5.45. The van der Waals surface area contributed by atoms with Crippen molar-refractivity contribution in [2.75, 3.05) is 7.11 Å². The molecule has 92 valence electrons. The number of ketones is 1. The Bertz CT molecular complexity index is 537. The maximum atomic E-state index is 12.3. The van der Waals surface area contributed by atoms with E-state index in [2.05, 4.69) is 4.98 Å². The molecule has 1 aromatic heterocycles. The average molecular weight is 241 g/mol. The summed E-state index contributed by atoms with van der Waals surface area (Å²) in [6.45, 7) is 1.87. The van der Waals surface area contributed by atoms with E-state index in [1.807, 2.05) is 37.3 Å². The summed E-state index contributed by atoms with van der Waals surface area (Å²) in [5.74, 6) is 0.486. The van der Waals surface area contributed by atoms with Crippen LogP contribution >= 0.6 is 0 Å². The van der Waals surface area contributed by atoms with Crippen LogP contribution in [0.15, 0.2) is 48.7 Å². The van der Waals surface area contributed by atoms with Gasteiger partial charge in [0.2, 0.25) is 0 Å². The molecule has 0 radical (unpaired) electrons. The summed E-state index contributed by atoms with van der Waals surface area (Å²) in [7, 11) is 1.59. The zero-order valence-electron chi connectivity index (χ0n) is 10.5. The van der Waals surface area contributed by atoms with E-state index in [0.29, 0.717) is 11.3 Å². The zero-order chi connectivity index (χ0) is 13.0. The molecule has 0 fully saturated rings. The number of rotatable bonds is 4. The van der Waals surface area contributed by atoms with E-state index in [9.17, 15) is 4.79 Å². The second-order valence-corrected chi connectivity index (χ2v) is 4.07. The van der Waals surface area contributed by atoms with Gasteiger partial charge in [-0.15, -0.1) is 0 Å². The normalized spacial score (nSPS) is 11.9. The highest BCUT2D eigenvalue weighted by Crippen LogP contribution is 2.21. The SMILES string of the molecule is COc1cccc(C(=O)C(C)c2ccccn2)c1. The zero-order valence-corrected chi connectivity index (χ0v) is 10.5. The lowest BCUT2D eigenvalue weighted by molar-refractivity contribution is 0.0964. The lowest BCUT2D eigenvalue weighted by atomic mass is 9.96. The Kier molecular flexibility index (Phi) is 3.72. The first kappa shape index (κ1) is 12.3. The molecule has 18 heavy (non-hydrogen) atoms. The molecule has 0 aliphatic carbocycles. The molecule has 0 saturated carbocycles. The Balaban J connectivity index is 2.25. The largest absolute Gasteiger partial charge is 0.497 e. The van der Waals surface area contributed by atoms with Gasteiger partial charge in [-0.25, -0.2) is 0 Å². The fraction of sp³-hybridized carbons (Fsp3) is 0.200. The number of carbonyl (C=O) groups is 1. The third-order valence-electron chi connectivity index (χ3n) is 2.88. The summed E-state index contributed by atoms with van der Waals surface area (Å²) in [6.07, 6.45) is 1.70. The first-order chi connectivity index (χ1) is 8.72. The van der Waals surface area contributed by atoms with Crippen molar-refractivity contribution in [3.8, 4) is 5.75 Å². The molecule has 1 atom stereocenters. The van der Waals surface area contributed by atoms with Gasteiger partial charge in [0.1, 0.15) is 5.75 Å². The third-order valence-corrected chi connectivity index (χ3v) is 2.88. The lowest BCUT2D eigenvalue weighted by Crippen LogP contribution is -2.11. The molecular weight excluding hydrogens is 226 g/mol. The number of benzene rings is 1. The summed E-state index contributed by atoms with van der Waals surface area (Å²) in [5.41, 5.74) is 1.43. The van der Waals surface area contributed by atoms with Crippen LogP contribution in [0.3, 0.4) is 0 Å². The molecule has 1 aromatic carbocycles. The number of nitrogens with zero attached hydrogens (tertiary/aromatic N) is 1. The molecule has 0 spiro atoms. The Morgan fingerprint density at radius 2 is 2.06 bits per heavy atom. The Hall–Kier alpha value is -2.16. The number of methoxy groups -OCH3 is 1. The molecule has 0 N–H and O–H groups in total. The third kappa shape index (κ3) is 2.56. The minimum atomic E-state index is -0.252. The molecule has 0 aliphatic heterocycles. The van der Waals surface area contributed by atoms with Crippen LogP contribution in [0.25, 0.3) is 0 Å². The van der Waals surface area contributed by atoms with E-state index >= 15 is 0 Å². The second-order valence-electron chi connectivity index (χ2n) is 4.07. The highest BCUT2D eigenvalue weighted by molar-refractivity contribution is 6.00. The molecule has 0 saturated heterocycles. The quantitative estimate of drug-likeness (QED) is 0.772. The predicted molar refractivity (Wildman–Crippen MR) is 70.0 cm³/mol. The molecule has 0 bridgehead atoms. The van der Waals surface area contributed by atoms with Gasteiger partial charge in [-0.05, 0) is 31.2 Å². The maximum absolute atomic E-state index is 12.3. The molecule has 1 unspecified atom stereocenters. The summed E-state index contributed by atoms with van der Waals surface area (Å²) in [6, 6.07) is 12.8. The fourth-order valence-electron chi connectivity index (χ4n) is 1.79. The predicted octanol–water partition coefficient (Wildman–Crippen LogP) is 3.08. The summed E-state index contributed by atoms with van der Waals surface area (Å²) < 4.78 is 5.12. The van der Waals surface area contributed by atoms with Crippen LogP contribution in [0.1, 0.15) is 28.9 Å². The van der Waals surface area contributed by atoms with E-state index in [0.717, 1.165) is 5.69 Å². The van der Waals surface area contributed by atoms with Gasteiger partial charge in [0.15, 0.2) is 5.78 Å². The van der Waals surface area contributed by atoms with Gasteiger partial charge < -0.3 is 4.74 Å². The number of aromatic nitrogens is 1. The van der Waals surface area contributed by atoms with Gasteiger partial charge >= 0.3 is 0 Å². The number of Topliss-reactive ketones (excluding diaryl/α,β-unsaturated/α-hetero) is 1. The van der Waals surface area contributed by atoms with Crippen LogP contribution in [0, 0.1) is 0 Å². The van der Waals surface area contributed by atoms with Crippen molar-refractivity contribution >= 4 is 5.78 Å². The van der Waals surface area contributed by atoms with Crippen LogP contribution in [0.4, 0.5) is 0 Å². The molecule has 2 rings (SSSR count). The van der Waals surface area contributed by atoms with Crippen LogP contribution < -0.4 is 4.74 Å². The Morgan fingerprint density at radius 1 is 1.22 bits per heavy atom. The molecular formula is C15H15NO2. The van der Waals surface area contributed by atoms with Gasteiger partial charge in [-0.2, -0.15) is 0 Å². The van der Waals surface area contributed by atoms with Gasteiger partial charge in [0.05, 0.1) is 18.7 Å². The highest BCUT2D eigenvalue weighted by atomic mass is 16.5. The molecule has 3 heteroatoms. The van der Waals surface area contributed by atoms with E-state index in [-0.39, 0.29) is 11.7 Å². The molecule has 0 amide bonds. The van der Waals surface area contributed by atoms with Gasteiger partial charge in [-0.3, -0.25) is 9.78 Å². The van der Waals surface area contributed by atoms with Crippen molar-refractivity contribution in [1.29, 1.82) is 0 Å². The van der Waals surface area contributed by atoms with Gasteiger partial charge in [0.25, 0.3) is 0 Å². The standard InChI is InChI=1S/C15H15NO2/c1-11(14-8-3-4-9-16-14)15(17)12-6-5-7-13(10-12)18-2/h3-11H,1-2H3. The van der Waals surface area contributed by atoms with Crippen molar-refractivity contribution < 1.29 is 9.53 Å². The number of carbonyl (C=O) groups excluding carboxylic acids is 1. The molecule has 0 aliphatic rings. The topological polar surface area (TPSA) is 39.2 Å². The lowest BCUT2D eigenvalue weighted by Gasteiger charge is -2.10. The molecule has 2 aromatic rings. The fourth-order valence-corrected chi connectivity index (χ4v) is 1.79. The smallest absolute Gasteiger partial charge is 0.171 e. The van der Waals surface area contributed by atoms with Crippen LogP contribution in [0.2, 0.25) is 0 Å². The van der Waals surface area contributed by atoms with Crippen molar-refractivity contribution in [2.45, 2.75) is 12.8 Å². The van der Waals surface area contributed by atoms with Crippen molar-refractivity contribution in [3.05, 3.63) is 59.9 Å². The summed E-state index contributed by atoms with van der Waals surface area (Å²) in [5, 5.41) is 0. The van der Waals surface area contributed by atoms with Crippen LogP contribution in [-0.2, 0) is 0 Å². The van der Waals surface area contributed by atoms with Crippen molar-refractivity contribution in [3.63, 3.8) is 0 Å². The maximum Gasteiger partial charge on any atom is 0.171 e. The Morgan fingerprint density at radius 3 is 2.72 bits per heavy atom. The first-order valence-corrected chi connectivity index (χ1v) is 5.81. The molecule has 1 heterocycles. The van der Waals surface area contributed by atoms with Crippen LogP contribution in [0.5, 0.6) is 5.75 Å². The number of hydrogen-bond acceptors (Lipinski definition) is 3. The van der Waals surface area contributed by atoms with E-state index in [1.165, 1.54) is 0 Å². The average Bonchev–Trinajstić information content (AvgIpc) is 2.46. The van der Waals surface area contributed by atoms with Crippen LogP contribution in [-0.4, -0.2) is 17.9 Å². The number of hydrogen-bond donors (Lipinski definition) is 0. The minimum absolute atomic E-state index is 0.0487. The molecule has 3 nitrogen and oxygen atoms in total. The highest BCUT2D eigenvalue weighted by Gasteiger charge is 2.18. The van der Waals surface area contributed by atoms with Crippen molar-refractivity contribution in [1.82, 2.24) is 4.98 Å².